The molecule has 1 atom stereocenters. The molecular formula is C15H19NO5S. The molecule has 0 radical (unpaired) electrons. The Balaban J connectivity index is 1.96. The Morgan fingerprint density at radius 1 is 1.27 bits per heavy atom. The molecule has 2 aliphatic heterocycles. The van der Waals surface area contributed by atoms with Gasteiger partial charge in [0.25, 0.3) is 0 Å². The topological polar surface area (TPSA) is 83.9 Å². The Hall–Kier alpha value is -1.60. The number of rotatable bonds is 3. The molecule has 1 saturated heterocycles. The number of piperidine rings is 1. The first-order valence-electron chi connectivity index (χ1n) is 7.50. The molecule has 0 amide bonds. The van der Waals surface area contributed by atoms with Gasteiger partial charge in [0.1, 0.15) is 11.8 Å². The van der Waals surface area contributed by atoms with E-state index in [2.05, 4.69) is 0 Å². The van der Waals surface area contributed by atoms with E-state index in [9.17, 15) is 18.3 Å². The standard InChI is InChI=1S/C15H19NO5S/c17-15(18)13-5-1-2-8-16(13)22(19,20)12-6-7-14-11(10-12)4-3-9-21-14/h6-7,10,13H,1-5,8-9H2,(H,17,18). The molecule has 1 aromatic rings. The van der Waals surface area contributed by atoms with Crippen LogP contribution >= 0.6 is 0 Å². The van der Waals surface area contributed by atoms with Crippen molar-refractivity contribution < 1.29 is 23.1 Å². The molecule has 22 heavy (non-hydrogen) atoms. The predicted octanol–water partition coefficient (Wildman–Crippen LogP) is 1.64. The van der Waals surface area contributed by atoms with Crippen molar-refractivity contribution in [1.29, 1.82) is 0 Å². The highest BCUT2D eigenvalue weighted by molar-refractivity contribution is 7.89. The van der Waals surface area contributed by atoms with E-state index in [1.54, 1.807) is 12.1 Å². The van der Waals surface area contributed by atoms with Gasteiger partial charge >= 0.3 is 5.97 Å². The minimum absolute atomic E-state index is 0.157. The number of fused-ring (bicyclic) bond motifs is 1. The van der Waals surface area contributed by atoms with Crippen LogP contribution in [0.4, 0.5) is 0 Å². The number of aryl methyl sites for hydroxylation is 1. The maximum atomic E-state index is 12.8. The summed E-state index contributed by atoms with van der Waals surface area (Å²) in [7, 11) is -3.79. The van der Waals surface area contributed by atoms with Crippen molar-refractivity contribution in [3.8, 4) is 5.75 Å². The Morgan fingerprint density at radius 3 is 2.86 bits per heavy atom. The van der Waals surface area contributed by atoms with Gasteiger partial charge in [-0.15, -0.1) is 0 Å². The fraction of sp³-hybridized carbons (Fsp3) is 0.533. The van der Waals surface area contributed by atoms with Gasteiger partial charge in [-0.25, -0.2) is 8.42 Å². The van der Waals surface area contributed by atoms with E-state index < -0.39 is 22.0 Å². The molecule has 7 heteroatoms. The molecular weight excluding hydrogens is 306 g/mol. The van der Waals surface area contributed by atoms with Gasteiger partial charge in [0, 0.05) is 6.54 Å². The predicted molar refractivity (Wildman–Crippen MR) is 79.4 cm³/mol. The van der Waals surface area contributed by atoms with Crippen LogP contribution in [0.25, 0.3) is 0 Å². The van der Waals surface area contributed by atoms with Gasteiger partial charge in [0.05, 0.1) is 11.5 Å². The quantitative estimate of drug-likeness (QED) is 0.913. The van der Waals surface area contributed by atoms with Crippen molar-refractivity contribution in [3.63, 3.8) is 0 Å². The number of carboxylic acids is 1. The molecule has 1 aromatic carbocycles. The zero-order valence-electron chi connectivity index (χ0n) is 12.2. The Labute approximate surface area is 129 Å². The fourth-order valence-corrected chi connectivity index (χ4v) is 4.77. The third kappa shape index (κ3) is 2.70. The molecule has 0 saturated carbocycles. The molecule has 0 aromatic heterocycles. The molecule has 0 bridgehead atoms. The summed E-state index contributed by atoms with van der Waals surface area (Å²) in [6.07, 6.45) is 3.43. The third-order valence-electron chi connectivity index (χ3n) is 4.23. The summed E-state index contributed by atoms with van der Waals surface area (Å²) in [4.78, 5) is 11.5. The smallest absolute Gasteiger partial charge is 0.322 e. The van der Waals surface area contributed by atoms with Gasteiger partial charge in [-0.05, 0) is 55.9 Å². The number of hydrogen-bond acceptors (Lipinski definition) is 4. The highest BCUT2D eigenvalue weighted by atomic mass is 32.2. The van der Waals surface area contributed by atoms with Crippen molar-refractivity contribution >= 4 is 16.0 Å². The second-order valence-electron chi connectivity index (χ2n) is 5.69. The van der Waals surface area contributed by atoms with Crippen molar-refractivity contribution in [3.05, 3.63) is 23.8 Å². The molecule has 3 rings (SSSR count). The minimum atomic E-state index is -3.79. The van der Waals surface area contributed by atoms with Crippen LogP contribution in [0.5, 0.6) is 5.75 Å². The number of aliphatic carboxylic acids is 1. The summed E-state index contributed by atoms with van der Waals surface area (Å²) in [6, 6.07) is 3.83. The second-order valence-corrected chi connectivity index (χ2v) is 7.58. The van der Waals surface area contributed by atoms with Crippen LogP contribution in [-0.2, 0) is 21.2 Å². The van der Waals surface area contributed by atoms with Crippen LogP contribution in [0.3, 0.4) is 0 Å². The Morgan fingerprint density at radius 2 is 2.09 bits per heavy atom. The van der Waals surface area contributed by atoms with Crippen LogP contribution in [0.2, 0.25) is 0 Å². The number of nitrogens with zero attached hydrogens (tertiary/aromatic N) is 1. The molecule has 2 heterocycles. The average Bonchev–Trinajstić information content (AvgIpc) is 2.54. The van der Waals surface area contributed by atoms with Crippen LogP contribution < -0.4 is 4.74 Å². The molecule has 120 valence electrons. The van der Waals surface area contributed by atoms with Crippen molar-refractivity contribution in [2.24, 2.45) is 0 Å². The summed E-state index contributed by atoms with van der Waals surface area (Å²) in [5, 5.41) is 9.28. The lowest BCUT2D eigenvalue weighted by Gasteiger charge is -2.32. The summed E-state index contributed by atoms with van der Waals surface area (Å²) >= 11 is 0. The number of benzene rings is 1. The van der Waals surface area contributed by atoms with E-state index in [4.69, 9.17) is 4.74 Å². The summed E-state index contributed by atoms with van der Waals surface area (Å²) in [5.74, 6) is -0.358. The molecule has 0 aliphatic carbocycles. The fourth-order valence-electron chi connectivity index (χ4n) is 3.07. The van der Waals surface area contributed by atoms with Crippen LogP contribution in [-0.4, -0.2) is 43.0 Å². The molecule has 6 nitrogen and oxygen atoms in total. The van der Waals surface area contributed by atoms with Gasteiger partial charge in [0.2, 0.25) is 10.0 Å². The maximum Gasteiger partial charge on any atom is 0.322 e. The number of hydrogen-bond donors (Lipinski definition) is 1. The van der Waals surface area contributed by atoms with Gasteiger partial charge in [0.15, 0.2) is 0 Å². The largest absolute Gasteiger partial charge is 0.493 e. The molecule has 1 N–H and O–H groups in total. The SMILES string of the molecule is O=C(O)C1CCCCN1S(=O)(=O)c1ccc2c(c1)CCCO2. The first kappa shape index (κ1) is 15.3. The number of sulfonamides is 1. The van der Waals surface area contributed by atoms with E-state index in [0.717, 1.165) is 34.9 Å². The van der Waals surface area contributed by atoms with E-state index in [1.807, 2.05) is 0 Å². The molecule has 1 fully saturated rings. The van der Waals surface area contributed by atoms with Crippen LogP contribution in [0, 0.1) is 0 Å². The third-order valence-corrected chi connectivity index (χ3v) is 6.13. The lowest BCUT2D eigenvalue weighted by atomic mass is 10.1. The molecule has 2 aliphatic rings. The summed E-state index contributed by atoms with van der Waals surface area (Å²) in [6.45, 7) is 0.902. The van der Waals surface area contributed by atoms with Gasteiger partial charge < -0.3 is 9.84 Å². The molecule has 0 spiro atoms. The number of carboxylic acid groups (broad SMARTS) is 1. The van der Waals surface area contributed by atoms with E-state index in [0.29, 0.717) is 19.4 Å². The van der Waals surface area contributed by atoms with E-state index in [1.165, 1.54) is 6.07 Å². The van der Waals surface area contributed by atoms with Crippen molar-refractivity contribution in [1.82, 2.24) is 4.31 Å². The Kier molecular flexibility index (Phi) is 4.10. The zero-order valence-corrected chi connectivity index (χ0v) is 13.0. The van der Waals surface area contributed by atoms with Crippen LogP contribution in [0.15, 0.2) is 23.1 Å². The highest BCUT2D eigenvalue weighted by Gasteiger charge is 2.37. The lowest BCUT2D eigenvalue weighted by Crippen LogP contribution is -2.47. The highest BCUT2D eigenvalue weighted by Crippen LogP contribution is 2.31. The Bertz CT molecular complexity index is 685. The average molecular weight is 325 g/mol. The summed E-state index contributed by atoms with van der Waals surface area (Å²) < 4.78 is 32.2. The van der Waals surface area contributed by atoms with Gasteiger partial charge in [-0.2, -0.15) is 4.31 Å². The zero-order chi connectivity index (χ0) is 15.7. The van der Waals surface area contributed by atoms with Crippen LogP contribution in [0.1, 0.15) is 31.2 Å². The number of carbonyl (C=O) groups is 1. The maximum absolute atomic E-state index is 12.8. The number of ether oxygens (including phenoxy) is 1. The van der Waals surface area contributed by atoms with Gasteiger partial charge in [-0.3, -0.25) is 4.79 Å². The summed E-state index contributed by atoms with van der Waals surface area (Å²) in [5.41, 5.74) is 0.871. The van der Waals surface area contributed by atoms with E-state index >= 15 is 0 Å². The van der Waals surface area contributed by atoms with Crippen molar-refractivity contribution in [2.45, 2.75) is 43.0 Å². The lowest BCUT2D eigenvalue weighted by molar-refractivity contribution is -0.142. The van der Waals surface area contributed by atoms with E-state index in [-0.39, 0.29) is 11.4 Å². The monoisotopic (exact) mass is 325 g/mol. The first-order valence-corrected chi connectivity index (χ1v) is 8.94. The van der Waals surface area contributed by atoms with Crippen molar-refractivity contribution in [2.75, 3.05) is 13.2 Å². The van der Waals surface area contributed by atoms with Gasteiger partial charge in [-0.1, -0.05) is 0 Å². The molecule has 1 unspecified atom stereocenters. The first-order chi connectivity index (χ1) is 10.5. The second kappa shape index (κ2) is 5.89. The normalized spacial score (nSPS) is 22.6. The minimum Gasteiger partial charge on any atom is -0.493 e.